The largest absolute Gasteiger partial charge is 0.322 e. The van der Waals surface area contributed by atoms with Gasteiger partial charge in [0.1, 0.15) is 5.15 Å². The van der Waals surface area contributed by atoms with Crippen molar-refractivity contribution < 1.29 is 4.79 Å². The van der Waals surface area contributed by atoms with Gasteiger partial charge in [0.15, 0.2) is 0 Å². The Hall–Kier alpha value is -2.61. The van der Waals surface area contributed by atoms with Crippen LogP contribution in [0.5, 0.6) is 0 Å². The van der Waals surface area contributed by atoms with E-state index in [4.69, 9.17) is 11.6 Å². The van der Waals surface area contributed by atoms with Crippen LogP contribution in [0.2, 0.25) is 5.15 Å². The molecule has 1 aromatic carbocycles. The maximum Gasteiger partial charge on any atom is 0.255 e. The molecule has 1 N–H and O–H groups in total. The van der Waals surface area contributed by atoms with Crippen LogP contribution in [0.25, 0.3) is 0 Å². The number of aromatic nitrogens is 1. The second-order valence-corrected chi connectivity index (χ2v) is 5.96. The van der Waals surface area contributed by atoms with Crippen molar-refractivity contribution in [3.05, 3.63) is 81.3 Å². The van der Waals surface area contributed by atoms with Gasteiger partial charge in [-0.3, -0.25) is 4.79 Å². The lowest BCUT2D eigenvalue weighted by Crippen LogP contribution is -2.12. The summed E-state index contributed by atoms with van der Waals surface area (Å²) in [5, 5.41) is 5.10. The maximum absolute atomic E-state index is 12.2. The number of rotatable bonds is 2. The molecule has 0 saturated heterocycles. The molecular weight excluding hydrogens is 328 g/mol. The van der Waals surface area contributed by atoms with E-state index in [1.165, 1.54) is 12.3 Å². The number of pyridine rings is 1. The Balaban J connectivity index is 1.76. The number of amides is 1. The van der Waals surface area contributed by atoms with E-state index in [2.05, 4.69) is 22.1 Å². The summed E-state index contributed by atoms with van der Waals surface area (Å²) in [4.78, 5) is 17.1. The number of halogens is 1. The topological polar surface area (TPSA) is 42.0 Å². The van der Waals surface area contributed by atoms with Crippen molar-refractivity contribution in [2.24, 2.45) is 0 Å². The first kappa shape index (κ1) is 15.3. The van der Waals surface area contributed by atoms with E-state index in [1.54, 1.807) is 17.4 Å². The van der Waals surface area contributed by atoms with Gasteiger partial charge in [-0.1, -0.05) is 35.6 Å². The van der Waals surface area contributed by atoms with E-state index in [0.29, 0.717) is 11.3 Å². The smallest absolute Gasteiger partial charge is 0.255 e. The zero-order valence-electron chi connectivity index (χ0n) is 11.9. The monoisotopic (exact) mass is 338 g/mol. The normalized spacial score (nSPS) is 9.78. The predicted molar refractivity (Wildman–Crippen MR) is 93.9 cm³/mol. The summed E-state index contributed by atoms with van der Waals surface area (Å²) in [5.74, 6) is 5.94. The standard InChI is InChI=1S/C18H11ClN2OS/c19-17-12-14(8-9-20-17)18(22)21-15-4-1-3-13(11-15)6-7-16-5-2-10-23-16/h1-5,8-12H,(H,21,22). The maximum atomic E-state index is 12.2. The Morgan fingerprint density at radius 1 is 1.13 bits per heavy atom. The molecule has 23 heavy (non-hydrogen) atoms. The summed E-state index contributed by atoms with van der Waals surface area (Å²) >= 11 is 7.39. The van der Waals surface area contributed by atoms with E-state index in [-0.39, 0.29) is 11.1 Å². The number of hydrogen-bond acceptors (Lipinski definition) is 3. The lowest BCUT2D eigenvalue weighted by atomic mass is 10.2. The van der Waals surface area contributed by atoms with Crippen molar-refractivity contribution in [1.82, 2.24) is 4.98 Å². The fourth-order valence-corrected chi connectivity index (χ4v) is 2.65. The molecule has 0 atom stereocenters. The van der Waals surface area contributed by atoms with Gasteiger partial charge in [0, 0.05) is 23.0 Å². The zero-order valence-corrected chi connectivity index (χ0v) is 13.5. The van der Waals surface area contributed by atoms with Crippen LogP contribution in [0.4, 0.5) is 5.69 Å². The van der Waals surface area contributed by atoms with E-state index in [9.17, 15) is 4.79 Å². The van der Waals surface area contributed by atoms with Crippen molar-refractivity contribution >= 4 is 34.5 Å². The Kier molecular flexibility index (Phi) is 4.72. The lowest BCUT2D eigenvalue weighted by molar-refractivity contribution is 0.102. The number of nitrogens with zero attached hydrogens (tertiary/aromatic N) is 1. The third-order valence-electron chi connectivity index (χ3n) is 2.96. The number of carbonyl (C=O) groups is 1. The number of benzene rings is 1. The Bertz CT molecular complexity index is 895. The van der Waals surface area contributed by atoms with E-state index in [1.807, 2.05) is 41.8 Å². The molecule has 0 aliphatic rings. The molecule has 3 aromatic rings. The molecule has 2 heterocycles. The third-order valence-corrected chi connectivity index (χ3v) is 3.95. The van der Waals surface area contributed by atoms with E-state index in [0.717, 1.165) is 10.4 Å². The van der Waals surface area contributed by atoms with Crippen LogP contribution >= 0.6 is 22.9 Å². The number of anilines is 1. The number of nitrogens with one attached hydrogen (secondary N) is 1. The zero-order chi connectivity index (χ0) is 16.1. The highest BCUT2D eigenvalue weighted by molar-refractivity contribution is 7.10. The van der Waals surface area contributed by atoms with Gasteiger partial charge < -0.3 is 5.32 Å². The average Bonchev–Trinajstić information content (AvgIpc) is 3.07. The van der Waals surface area contributed by atoms with Gasteiger partial charge in [0.25, 0.3) is 5.91 Å². The molecule has 3 rings (SSSR count). The van der Waals surface area contributed by atoms with Crippen LogP contribution in [-0.2, 0) is 0 Å². The van der Waals surface area contributed by atoms with Gasteiger partial charge in [-0.05, 0) is 41.8 Å². The minimum atomic E-state index is -0.238. The first-order valence-corrected chi connectivity index (χ1v) is 8.05. The molecule has 0 saturated carbocycles. The minimum Gasteiger partial charge on any atom is -0.322 e. The Morgan fingerprint density at radius 3 is 2.83 bits per heavy atom. The SMILES string of the molecule is O=C(Nc1cccc(C#Cc2cccs2)c1)c1ccnc(Cl)c1. The highest BCUT2D eigenvalue weighted by Crippen LogP contribution is 2.14. The molecule has 3 nitrogen and oxygen atoms in total. The molecule has 112 valence electrons. The highest BCUT2D eigenvalue weighted by atomic mass is 35.5. The van der Waals surface area contributed by atoms with Crippen LogP contribution < -0.4 is 5.32 Å². The van der Waals surface area contributed by atoms with Gasteiger partial charge in [-0.25, -0.2) is 4.98 Å². The minimum absolute atomic E-state index is 0.238. The molecule has 2 aromatic heterocycles. The van der Waals surface area contributed by atoms with Crippen LogP contribution in [-0.4, -0.2) is 10.9 Å². The lowest BCUT2D eigenvalue weighted by Gasteiger charge is -2.05. The molecule has 5 heteroatoms. The van der Waals surface area contributed by atoms with Crippen LogP contribution in [0.1, 0.15) is 20.8 Å². The van der Waals surface area contributed by atoms with Gasteiger partial charge >= 0.3 is 0 Å². The second-order valence-electron chi connectivity index (χ2n) is 4.63. The molecule has 0 unspecified atom stereocenters. The van der Waals surface area contributed by atoms with Gasteiger partial charge in [0.05, 0.1) is 4.88 Å². The molecule has 0 bridgehead atoms. The van der Waals surface area contributed by atoms with Crippen molar-refractivity contribution in [3.63, 3.8) is 0 Å². The van der Waals surface area contributed by atoms with Crippen molar-refractivity contribution in [2.45, 2.75) is 0 Å². The van der Waals surface area contributed by atoms with Gasteiger partial charge in [-0.15, -0.1) is 11.3 Å². The summed E-state index contributed by atoms with van der Waals surface area (Å²) in [7, 11) is 0. The fraction of sp³-hybridized carbons (Fsp3) is 0. The summed E-state index contributed by atoms with van der Waals surface area (Å²) < 4.78 is 0. The predicted octanol–water partition coefficient (Wildman–Crippen LogP) is 4.45. The van der Waals surface area contributed by atoms with E-state index < -0.39 is 0 Å². The highest BCUT2D eigenvalue weighted by Gasteiger charge is 2.07. The molecule has 0 radical (unpaired) electrons. The van der Waals surface area contributed by atoms with Gasteiger partial charge in [0.2, 0.25) is 0 Å². The summed E-state index contributed by atoms with van der Waals surface area (Å²) in [6, 6.07) is 14.5. The van der Waals surface area contributed by atoms with Crippen LogP contribution in [0.15, 0.2) is 60.1 Å². The van der Waals surface area contributed by atoms with Crippen LogP contribution in [0, 0.1) is 11.8 Å². The summed E-state index contributed by atoms with van der Waals surface area (Å²) in [6.45, 7) is 0. The number of hydrogen-bond donors (Lipinski definition) is 1. The molecule has 0 aliphatic carbocycles. The van der Waals surface area contributed by atoms with Gasteiger partial charge in [-0.2, -0.15) is 0 Å². The van der Waals surface area contributed by atoms with E-state index >= 15 is 0 Å². The number of carbonyl (C=O) groups excluding carboxylic acids is 1. The summed E-state index contributed by atoms with van der Waals surface area (Å²) in [6.07, 6.45) is 1.50. The average molecular weight is 339 g/mol. The van der Waals surface area contributed by atoms with Crippen LogP contribution in [0.3, 0.4) is 0 Å². The van der Waals surface area contributed by atoms with Crippen molar-refractivity contribution in [3.8, 4) is 11.8 Å². The fourth-order valence-electron chi connectivity index (χ4n) is 1.91. The second kappa shape index (κ2) is 7.10. The quantitative estimate of drug-likeness (QED) is 0.554. The van der Waals surface area contributed by atoms with Crippen molar-refractivity contribution in [1.29, 1.82) is 0 Å². The Morgan fingerprint density at radius 2 is 2.04 bits per heavy atom. The molecule has 0 aliphatic heterocycles. The summed E-state index contributed by atoms with van der Waals surface area (Å²) in [5.41, 5.74) is 1.98. The number of thiophene rings is 1. The first-order valence-electron chi connectivity index (χ1n) is 6.79. The molecule has 1 amide bonds. The molecule has 0 fully saturated rings. The molecular formula is C18H11ClN2OS. The molecule has 0 spiro atoms. The Labute approximate surface area is 143 Å². The first-order chi connectivity index (χ1) is 11.2. The van der Waals surface area contributed by atoms with Crippen molar-refractivity contribution in [2.75, 3.05) is 5.32 Å². The third kappa shape index (κ3) is 4.19.